The van der Waals surface area contributed by atoms with Gasteiger partial charge < -0.3 is 19.9 Å². The Morgan fingerprint density at radius 3 is 2.65 bits per heavy atom. The van der Waals surface area contributed by atoms with Crippen LogP contribution in [0.3, 0.4) is 0 Å². The Kier molecular flexibility index (Phi) is 9.73. The zero-order chi connectivity index (χ0) is 28.8. The molecule has 8 nitrogen and oxygen atoms in total. The van der Waals surface area contributed by atoms with Gasteiger partial charge in [0.15, 0.2) is 5.83 Å². The molecule has 1 aliphatic carbocycles. The highest BCUT2D eigenvalue weighted by Crippen LogP contribution is 2.34. The van der Waals surface area contributed by atoms with Gasteiger partial charge in [0.1, 0.15) is 36.4 Å². The summed E-state index contributed by atoms with van der Waals surface area (Å²) in [4.78, 5) is 33.2. The lowest BCUT2D eigenvalue weighted by Crippen LogP contribution is -2.43. The van der Waals surface area contributed by atoms with E-state index in [2.05, 4.69) is 43.8 Å². The number of rotatable bonds is 11. The minimum Gasteiger partial charge on any atom is -0.351 e. The molecule has 3 unspecified atom stereocenters. The lowest BCUT2D eigenvalue weighted by atomic mass is 9.81. The highest BCUT2D eigenvalue weighted by atomic mass is 19.1. The smallest absolute Gasteiger partial charge is 0.167 e. The van der Waals surface area contributed by atoms with Crippen molar-refractivity contribution in [1.29, 1.82) is 0 Å². The average Bonchev–Trinajstić information content (AvgIpc) is 3.29. The summed E-state index contributed by atoms with van der Waals surface area (Å²) in [5.74, 6) is 0.240. The van der Waals surface area contributed by atoms with Gasteiger partial charge in [-0.3, -0.25) is 15.0 Å². The van der Waals surface area contributed by atoms with Crippen LogP contribution in [0.15, 0.2) is 68.9 Å². The summed E-state index contributed by atoms with van der Waals surface area (Å²) in [6, 6.07) is 2.78. The number of fused-ring (bicyclic) bond motifs is 1. The normalized spacial score (nSPS) is 23.4. The van der Waals surface area contributed by atoms with E-state index in [1.54, 1.807) is 18.3 Å². The van der Waals surface area contributed by atoms with Crippen molar-refractivity contribution in [3.05, 3.63) is 59.5 Å². The molecule has 1 N–H and O–H groups in total. The maximum absolute atomic E-state index is 15.1. The predicted molar refractivity (Wildman–Crippen MR) is 157 cm³/mol. The van der Waals surface area contributed by atoms with Gasteiger partial charge in [-0.2, -0.15) is 0 Å². The molecule has 3 atom stereocenters. The predicted octanol–water partition coefficient (Wildman–Crippen LogP) is 5.09. The molecule has 40 heavy (non-hydrogen) atoms. The number of allylic oxidation sites excluding steroid dienone is 3. The number of carbonyl (C=O) groups is 1. The van der Waals surface area contributed by atoms with E-state index in [1.165, 1.54) is 6.08 Å². The lowest BCUT2D eigenvalue weighted by molar-refractivity contribution is -0.110. The Morgan fingerprint density at radius 1 is 1.30 bits per heavy atom. The first-order chi connectivity index (χ1) is 19.3. The molecule has 0 bridgehead atoms. The SMILES string of the molecule is C=N/C=C(F)\C(=N/CNc1ccc(C(C=O)C2CCN(CC)CC2)cn1)C1=CC2C(N=C(C)N2C(C)C)C(F)=C1. The lowest BCUT2D eigenvalue weighted by Gasteiger charge is -2.33. The molecule has 4 rings (SSSR count). The molecule has 214 valence electrons. The van der Waals surface area contributed by atoms with Crippen LogP contribution in [0.2, 0.25) is 0 Å². The number of aldehydes is 1. The van der Waals surface area contributed by atoms with E-state index >= 15 is 8.78 Å². The maximum Gasteiger partial charge on any atom is 0.167 e. The van der Waals surface area contributed by atoms with Gasteiger partial charge in [-0.1, -0.05) is 13.0 Å². The van der Waals surface area contributed by atoms with Gasteiger partial charge in [0.05, 0.1) is 18.1 Å². The highest BCUT2D eigenvalue weighted by molar-refractivity contribution is 6.13. The maximum atomic E-state index is 15.1. The summed E-state index contributed by atoms with van der Waals surface area (Å²) in [6.07, 6.45) is 8.77. The summed E-state index contributed by atoms with van der Waals surface area (Å²) < 4.78 is 30.2. The first-order valence-electron chi connectivity index (χ1n) is 13.9. The quantitative estimate of drug-likeness (QED) is 0.306. The number of hydrogen-bond donors (Lipinski definition) is 1. The van der Waals surface area contributed by atoms with Crippen LogP contribution in [0.4, 0.5) is 14.6 Å². The summed E-state index contributed by atoms with van der Waals surface area (Å²) >= 11 is 0. The molecule has 10 heteroatoms. The van der Waals surface area contributed by atoms with Crippen LogP contribution in [0.25, 0.3) is 0 Å². The molecule has 0 amide bonds. The van der Waals surface area contributed by atoms with E-state index in [0.717, 1.165) is 56.4 Å². The Morgan fingerprint density at radius 2 is 2.05 bits per heavy atom. The van der Waals surface area contributed by atoms with E-state index in [9.17, 15) is 4.79 Å². The molecule has 3 heterocycles. The molecule has 0 spiro atoms. The molecule has 2 aliphatic heterocycles. The Labute approximate surface area is 235 Å². The Bertz CT molecular complexity index is 1230. The molecule has 3 aliphatic rings. The van der Waals surface area contributed by atoms with E-state index in [0.29, 0.717) is 17.3 Å². The molecule has 0 saturated carbocycles. The number of piperidine rings is 1. The van der Waals surface area contributed by atoms with E-state index in [-0.39, 0.29) is 30.4 Å². The van der Waals surface area contributed by atoms with Crippen LogP contribution in [0.5, 0.6) is 0 Å². The van der Waals surface area contributed by atoms with E-state index in [4.69, 9.17) is 0 Å². The van der Waals surface area contributed by atoms with E-state index < -0.39 is 17.7 Å². The monoisotopic (exact) mass is 551 g/mol. The van der Waals surface area contributed by atoms with Crippen LogP contribution in [-0.4, -0.2) is 83.8 Å². The van der Waals surface area contributed by atoms with Crippen molar-refractivity contribution in [1.82, 2.24) is 14.8 Å². The summed E-state index contributed by atoms with van der Waals surface area (Å²) in [7, 11) is 0. The molecule has 1 fully saturated rings. The third-order valence-corrected chi connectivity index (χ3v) is 7.93. The Balaban J connectivity index is 1.48. The number of hydrogen-bond acceptors (Lipinski definition) is 8. The molecule has 0 aromatic carbocycles. The van der Waals surface area contributed by atoms with E-state index in [1.807, 2.05) is 31.7 Å². The van der Waals surface area contributed by atoms with Gasteiger partial charge in [-0.15, -0.1) is 0 Å². The zero-order valence-corrected chi connectivity index (χ0v) is 23.7. The van der Waals surface area contributed by atoms with Crippen LogP contribution in [0, 0.1) is 5.92 Å². The minimum atomic E-state index is -0.719. The average molecular weight is 552 g/mol. The number of nitrogens with one attached hydrogen (secondary N) is 1. The number of pyridine rings is 1. The summed E-state index contributed by atoms with van der Waals surface area (Å²) in [5.41, 5.74) is 1.18. The van der Waals surface area contributed by atoms with Crippen molar-refractivity contribution in [3.8, 4) is 0 Å². The van der Waals surface area contributed by atoms with Gasteiger partial charge in [-0.05, 0) is 89.7 Å². The molecular formula is C30H39F2N7O. The van der Waals surface area contributed by atoms with Gasteiger partial charge in [-0.25, -0.2) is 13.8 Å². The minimum absolute atomic E-state index is 0.00299. The molecule has 0 radical (unpaired) electrons. The topological polar surface area (TPSA) is 85.5 Å². The zero-order valence-electron chi connectivity index (χ0n) is 23.7. The molecular weight excluding hydrogens is 512 g/mol. The second kappa shape index (κ2) is 13.2. The third-order valence-electron chi connectivity index (χ3n) is 7.93. The van der Waals surface area contributed by atoms with Gasteiger partial charge in [0, 0.05) is 23.7 Å². The molecule has 1 aromatic rings. The fourth-order valence-corrected chi connectivity index (χ4v) is 5.88. The number of aliphatic imine (C=N–C) groups is 3. The Hall–Kier alpha value is -3.53. The number of likely N-dealkylation sites (tertiary alicyclic amines) is 1. The van der Waals surface area contributed by atoms with Gasteiger partial charge in [0.2, 0.25) is 0 Å². The number of amidine groups is 1. The van der Waals surface area contributed by atoms with Crippen molar-refractivity contribution in [2.45, 2.75) is 64.6 Å². The van der Waals surface area contributed by atoms with Crippen LogP contribution < -0.4 is 5.32 Å². The van der Waals surface area contributed by atoms with Crippen LogP contribution in [0.1, 0.15) is 52.0 Å². The van der Waals surface area contributed by atoms with Crippen molar-refractivity contribution in [2.24, 2.45) is 20.9 Å². The van der Waals surface area contributed by atoms with Crippen LogP contribution in [-0.2, 0) is 4.79 Å². The molecule has 1 aromatic heterocycles. The fourth-order valence-electron chi connectivity index (χ4n) is 5.88. The standard InChI is InChI=1S/C30H39F2N7O/c1-6-38-11-9-21(10-12-38)24(17-40)22-7-8-28(34-15-22)35-18-36-29(26(32)16-33-5)23-13-25(31)30-27(14-23)39(19(2)3)20(4)37-30/h7-8,13-17,19,21,24,27,30H,5-6,9-12,18H2,1-4H3,(H,34,35)/b26-16+,36-29-. The first-order valence-corrected chi connectivity index (χ1v) is 13.9. The van der Waals surface area contributed by atoms with Gasteiger partial charge >= 0.3 is 0 Å². The molecule has 1 saturated heterocycles. The van der Waals surface area contributed by atoms with Crippen LogP contribution >= 0.6 is 0 Å². The second-order valence-electron chi connectivity index (χ2n) is 10.7. The summed E-state index contributed by atoms with van der Waals surface area (Å²) in [5, 5.41) is 3.07. The largest absolute Gasteiger partial charge is 0.351 e. The van der Waals surface area contributed by atoms with Gasteiger partial charge in [0.25, 0.3) is 0 Å². The van der Waals surface area contributed by atoms with Crippen molar-refractivity contribution in [3.63, 3.8) is 0 Å². The fraction of sp³-hybridized carbons (Fsp3) is 0.500. The number of carbonyl (C=O) groups excluding carboxylic acids is 1. The first kappa shape index (κ1) is 29.5. The number of halogens is 2. The summed E-state index contributed by atoms with van der Waals surface area (Å²) in [6.45, 7) is 14.4. The number of anilines is 1. The third kappa shape index (κ3) is 6.43. The van der Waals surface area contributed by atoms with Crippen molar-refractivity contribution >= 4 is 30.4 Å². The second-order valence-corrected chi connectivity index (χ2v) is 10.7. The van der Waals surface area contributed by atoms with Crippen molar-refractivity contribution < 1.29 is 13.6 Å². The number of aromatic nitrogens is 1. The van der Waals surface area contributed by atoms with Crippen molar-refractivity contribution in [2.75, 3.05) is 31.6 Å². The highest BCUT2D eigenvalue weighted by Gasteiger charge is 2.40. The number of nitrogens with zero attached hydrogens (tertiary/aromatic N) is 6.